The van der Waals surface area contributed by atoms with Crippen LogP contribution in [0.1, 0.15) is 18.5 Å². The zero-order valence-electron chi connectivity index (χ0n) is 11.1. The summed E-state index contributed by atoms with van der Waals surface area (Å²) in [7, 11) is 0. The largest absolute Gasteiger partial charge is 0.380 e. The van der Waals surface area contributed by atoms with Gasteiger partial charge in [-0.25, -0.2) is 0 Å². The Kier molecular flexibility index (Phi) is 2.37. The third-order valence-corrected chi connectivity index (χ3v) is 4.56. The highest BCUT2D eigenvalue weighted by molar-refractivity contribution is 5.90. The van der Waals surface area contributed by atoms with Crippen LogP contribution < -0.4 is 5.32 Å². The molecule has 0 bridgehead atoms. The van der Waals surface area contributed by atoms with Crippen molar-refractivity contribution < 1.29 is 0 Å². The van der Waals surface area contributed by atoms with Gasteiger partial charge in [-0.05, 0) is 37.8 Å². The average Bonchev–Trinajstić information content (AvgIpc) is 2.77. The number of para-hydroxylation sites is 1. The molecule has 2 aromatic rings. The normalized spacial score (nSPS) is 28.2. The van der Waals surface area contributed by atoms with Gasteiger partial charge < -0.3 is 5.32 Å². The number of aryl methyl sites for hydroxylation is 1. The Balaban J connectivity index is 1.67. The molecule has 1 saturated carbocycles. The maximum Gasteiger partial charge on any atom is 0.0936 e. The van der Waals surface area contributed by atoms with Crippen molar-refractivity contribution in [3.05, 3.63) is 48.2 Å². The van der Waals surface area contributed by atoms with Crippen molar-refractivity contribution >= 4 is 16.6 Å². The zero-order valence-corrected chi connectivity index (χ0v) is 11.1. The summed E-state index contributed by atoms with van der Waals surface area (Å²) >= 11 is 0. The van der Waals surface area contributed by atoms with Gasteiger partial charge in [0, 0.05) is 23.0 Å². The number of hydrogen-bond acceptors (Lipinski definition) is 2. The van der Waals surface area contributed by atoms with Crippen molar-refractivity contribution in [3.8, 4) is 0 Å². The highest BCUT2D eigenvalue weighted by Crippen LogP contribution is 2.44. The third kappa shape index (κ3) is 1.74. The first-order chi connectivity index (χ1) is 9.31. The number of rotatable bonds is 2. The average molecular weight is 250 g/mol. The molecule has 0 aliphatic heterocycles. The molecule has 0 radical (unpaired) electrons. The molecule has 2 nitrogen and oxygen atoms in total. The number of pyridine rings is 1. The lowest BCUT2D eigenvalue weighted by Gasteiger charge is -2.41. The van der Waals surface area contributed by atoms with Crippen LogP contribution in [-0.4, -0.2) is 11.0 Å². The summed E-state index contributed by atoms with van der Waals surface area (Å²) < 4.78 is 0. The standard InChI is InChI=1S/C17H18N2/c1-11-8-9-12-4-3-7-15(17(12)18-11)19-16-10-13-5-2-6-14(13)16/h2-4,6-9,13-14,16,19H,5,10H2,1H3. The number of benzene rings is 1. The predicted molar refractivity (Wildman–Crippen MR) is 79.2 cm³/mol. The topological polar surface area (TPSA) is 24.9 Å². The number of nitrogens with zero attached hydrogens (tertiary/aromatic N) is 1. The van der Waals surface area contributed by atoms with Crippen molar-refractivity contribution in [1.29, 1.82) is 0 Å². The van der Waals surface area contributed by atoms with Crippen LogP contribution in [-0.2, 0) is 0 Å². The minimum Gasteiger partial charge on any atom is -0.380 e. The van der Waals surface area contributed by atoms with Gasteiger partial charge in [0.1, 0.15) is 0 Å². The number of anilines is 1. The molecule has 3 unspecified atom stereocenters. The van der Waals surface area contributed by atoms with Crippen molar-refractivity contribution in [3.63, 3.8) is 0 Å². The van der Waals surface area contributed by atoms with E-state index in [2.05, 4.69) is 54.7 Å². The lowest BCUT2D eigenvalue weighted by molar-refractivity contribution is 0.218. The SMILES string of the molecule is Cc1ccc2cccc(NC3CC4CC=CC43)c2n1. The molecule has 96 valence electrons. The van der Waals surface area contributed by atoms with E-state index in [1.54, 1.807) is 0 Å². The molecule has 1 aromatic heterocycles. The molecule has 1 aromatic carbocycles. The monoisotopic (exact) mass is 250 g/mol. The van der Waals surface area contributed by atoms with Gasteiger partial charge >= 0.3 is 0 Å². The first-order valence-electron chi connectivity index (χ1n) is 7.11. The second kappa shape index (κ2) is 4.09. The third-order valence-electron chi connectivity index (χ3n) is 4.56. The van der Waals surface area contributed by atoms with Crippen molar-refractivity contribution in [2.45, 2.75) is 25.8 Å². The van der Waals surface area contributed by atoms with Crippen molar-refractivity contribution in [2.75, 3.05) is 5.32 Å². The number of fused-ring (bicyclic) bond motifs is 2. The van der Waals surface area contributed by atoms with Crippen LogP contribution in [0.3, 0.4) is 0 Å². The summed E-state index contributed by atoms with van der Waals surface area (Å²) in [5.41, 5.74) is 3.37. The fraction of sp³-hybridized carbons (Fsp3) is 0.353. The first kappa shape index (κ1) is 11.0. The quantitative estimate of drug-likeness (QED) is 0.817. The smallest absolute Gasteiger partial charge is 0.0936 e. The van der Waals surface area contributed by atoms with E-state index in [1.807, 2.05) is 0 Å². The summed E-state index contributed by atoms with van der Waals surface area (Å²) in [5.74, 6) is 1.63. The van der Waals surface area contributed by atoms with Gasteiger partial charge in [0.15, 0.2) is 0 Å². The predicted octanol–water partition coefficient (Wildman–Crippen LogP) is 3.92. The van der Waals surface area contributed by atoms with Gasteiger partial charge in [-0.3, -0.25) is 4.98 Å². The van der Waals surface area contributed by atoms with Crippen LogP contribution in [0.2, 0.25) is 0 Å². The molecule has 2 aliphatic carbocycles. The van der Waals surface area contributed by atoms with E-state index in [1.165, 1.54) is 23.9 Å². The number of aromatic nitrogens is 1. The van der Waals surface area contributed by atoms with Crippen LogP contribution in [0.4, 0.5) is 5.69 Å². The van der Waals surface area contributed by atoms with Gasteiger partial charge in [0.25, 0.3) is 0 Å². The molecule has 2 aliphatic rings. The van der Waals surface area contributed by atoms with E-state index in [0.29, 0.717) is 6.04 Å². The molecule has 3 atom stereocenters. The van der Waals surface area contributed by atoms with Crippen LogP contribution in [0.15, 0.2) is 42.5 Å². The molecule has 0 saturated heterocycles. The zero-order chi connectivity index (χ0) is 12.8. The number of allylic oxidation sites excluding steroid dienone is 1. The Labute approximate surface area is 113 Å². The van der Waals surface area contributed by atoms with E-state index in [-0.39, 0.29) is 0 Å². The van der Waals surface area contributed by atoms with Crippen LogP contribution in [0, 0.1) is 18.8 Å². The molecule has 19 heavy (non-hydrogen) atoms. The fourth-order valence-corrected chi connectivity index (χ4v) is 3.44. The molecule has 1 N–H and O–H groups in total. The Morgan fingerprint density at radius 3 is 3.05 bits per heavy atom. The molecule has 1 heterocycles. The maximum atomic E-state index is 4.69. The van der Waals surface area contributed by atoms with E-state index in [4.69, 9.17) is 4.98 Å². The Morgan fingerprint density at radius 1 is 1.21 bits per heavy atom. The van der Waals surface area contributed by atoms with E-state index >= 15 is 0 Å². The summed E-state index contributed by atoms with van der Waals surface area (Å²) in [6.45, 7) is 2.05. The van der Waals surface area contributed by atoms with Crippen LogP contribution in [0.25, 0.3) is 10.9 Å². The van der Waals surface area contributed by atoms with Crippen molar-refractivity contribution in [2.24, 2.45) is 11.8 Å². The van der Waals surface area contributed by atoms with Crippen LogP contribution >= 0.6 is 0 Å². The Hall–Kier alpha value is -1.83. The highest BCUT2D eigenvalue weighted by atomic mass is 15.0. The lowest BCUT2D eigenvalue weighted by Crippen LogP contribution is -2.43. The summed E-state index contributed by atoms with van der Waals surface area (Å²) in [6, 6.07) is 11.2. The summed E-state index contributed by atoms with van der Waals surface area (Å²) in [5, 5.41) is 4.92. The lowest BCUT2D eigenvalue weighted by atomic mass is 9.71. The van der Waals surface area contributed by atoms with Crippen LogP contribution in [0.5, 0.6) is 0 Å². The van der Waals surface area contributed by atoms with Gasteiger partial charge in [0.2, 0.25) is 0 Å². The number of nitrogens with one attached hydrogen (secondary N) is 1. The second-order valence-electron chi connectivity index (χ2n) is 5.82. The Morgan fingerprint density at radius 2 is 2.16 bits per heavy atom. The molecular weight excluding hydrogens is 232 g/mol. The molecule has 0 amide bonds. The Bertz CT molecular complexity index is 659. The summed E-state index contributed by atoms with van der Waals surface area (Å²) in [4.78, 5) is 4.69. The first-order valence-corrected chi connectivity index (χ1v) is 7.11. The maximum absolute atomic E-state index is 4.69. The highest BCUT2D eigenvalue weighted by Gasteiger charge is 2.41. The summed E-state index contributed by atoms with van der Waals surface area (Å²) in [6.07, 6.45) is 7.29. The van der Waals surface area contributed by atoms with Gasteiger partial charge in [-0.2, -0.15) is 0 Å². The van der Waals surface area contributed by atoms with Gasteiger partial charge in [-0.1, -0.05) is 30.4 Å². The second-order valence-corrected chi connectivity index (χ2v) is 5.82. The van der Waals surface area contributed by atoms with E-state index in [0.717, 1.165) is 23.0 Å². The minimum absolute atomic E-state index is 0.594. The van der Waals surface area contributed by atoms with Gasteiger partial charge in [-0.15, -0.1) is 0 Å². The fourth-order valence-electron chi connectivity index (χ4n) is 3.44. The molecule has 0 spiro atoms. The van der Waals surface area contributed by atoms with Crippen molar-refractivity contribution in [1.82, 2.24) is 4.98 Å². The number of hydrogen-bond donors (Lipinski definition) is 1. The van der Waals surface area contributed by atoms with E-state index in [9.17, 15) is 0 Å². The van der Waals surface area contributed by atoms with E-state index < -0.39 is 0 Å². The molecular formula is C17H18N2. The molecule has 2 heteroatoms. The minimum atomic E-state index is 0.594. The molecule has 4 rings (SSSR count). The van der Waals surface area contributed by atoms with Gasteiger partial charge in [0.05, 0.1) is 11.2 Å². The molecule has 1 fully saturated rings.